The quantitative estimate of drug-likeness (QED) is 0.858. The highest BCUT2D eigenvalue weighted by Crippen LogP contribution is 2.20. The first-order valence-electron chi connectivity index (χ1n) is 5.86. The fourth-order valence-corrected chi connectivity index (χ4v) is 1.88. The molecule has 0 amide bonds. The Balaban J connectivity index is 2.23. The molecule has 0 atom stereocenters. The molecule has 2 aromatic carbocycles. The molecule has 2 aromatic rings. The minimum Gasteiger partial charge on any atom is -0.396 e. The lowest BCUT2D eigenvalue weighted by Crippen LogP contribution is -2.17. The molecule has 0 saturated heterocycles. The topological polar surface area (TPSA) is 53.0 Å². The Morgan fingerprint density at radius 3 is 2.74 bits per heavy atom. The lowest BCUT2D eigenvalue weighted by molar-refractivity contribution is 0.612. The molecule has 0 radical (unpaired) electrons. The standard InChI is InChI=1S/C15H14FN3/c1-19(13-6-2-4-11(8-13)9-17)10-12-5-3-7-14(18)15(12)16/h2-8H,10,18H2,1H3. The van der Waals surface area contributed by atoms with E-state index >= 15 is 0 Å². The van der Waals surface area contributed by atoms with Crippen molar-refractivity contribution >= 4 is 11.4 Å². The Morgan fingerprint density at radius 1 is 1.26 bits per heavy atom. The van der Waals surface area contributed by atoms with Crippen molar-refractivity contribution in [1.29, 1.82) is 5.26 Å². The van der Waals surface area contributed by atoms with E-state index in [0.717, 1.165) is 5.69 Å². The molecule has 0 unspecified atom stereocenters. The fraction of sp³-hybridized carbons (Fsp3) is 0.133. The molecule has 0 aliphatic rings. The molecular formula is C15H14FN3. The monoisotopic (exact) mass is 255 g/mol. The van der Waals surface area contributed by atoms with E-state index in [2.05, 4.69) is 6.07 Å². The highest BCUT2D eigenvalue weighted by molar-refractivity contribution is 5.52. The zero-order valence-electron chi connectivity index (χ0n) is 10.6. The van der Waals surface area contributed by atoms with Crippen LogP contribution in [0.15, 0.2) is 42.5 Å². The maximum Gasteiger partial charge on any atom is 0.151 e. The van der Waals surface area contributed by atoms with Gasteiger partial charge in [-0.2, -0.15) is 5.26 Å². The molecule has 0 aliphatic carbocycles. The Labute approximate surface area is 111 Å². The maximum absolute atomic E-state index is 13.8. The van der Waals surface area contributed by atoms with Crippen molar-refractivity contribution in [2.45, 2.75) is 6.54 Å². The van der Waals surface area contributed by atoms with Crippen LogP contribution in [0.5, 0.6) is 0 Å². The van der Waals surface area contributed by atoms with E-state index in [1.54, 1.807) is 30.3 Å². The first kappa shape index (κ1) is 12.9. The molecule has 2 N–H and O–H groups in total. The smallest absolute Gasteiger partial charge is 0.151 e. The summed E-state index contributed by atoms with van der Waals surface area (Å²) in [6.07, 6.45) is 0. The highest BCUT2D eigenvalue weighted by atomic mass is 19.1. The van der Waals surface area contributed by atoms with Crippen molar-refractivity contribution in [3.63, 3.8) is 0 Å². The van der Waals surface area contributed by atoms with Crippen molar-refractivity contribution in [2.24, 2.45) is 0 Å². The lowest BCUT2D eigenvalue weighted by Gasteiger charge is -2.20. The summed E-state index contributed by atoms with van der Waals surface area (Å²) in [6.45, 7) is 0.395. The van der Waals surface area contributed by atoms with E-state index in [0.29, 0.717) is 17.7 Å². The first-order chi connectivity index (χ1) is 9.11. The molecule has 4 heteroatoms. The van der Waals surface area contributed by atoms with Crippen molar-refractivity contribution in [3.05, 3.63) is 59.4 Å². The van der Waals surface area contributed by atoms with Gasteiger partial charge in [0.1, 0.15) is 0 Å². The van der Waals surface area contributed by atoms with Crippen molar-refractivity contribution in [1.82, 2.24) is 0 Å². The van der Waals surface area contributed by atoms with Crippen molar-refractivity contribution in [3.8, 4) is 6.07 Å². The number of nitrogen functional groups attached to an aromatic ring is 1. The summed E-state index contributed by atoms with van der Waals surface area (Å²) in [5.74, 6) is -0.384. The van der Waals surface area contributed by atoms with Crippen LogP contribution in [0.25, 0.3) is 0 Å². The number of hydrogen-bond acceptors (Lipinski definition) is 3. The van der Waals surface area contributed by atoms with Gasteiger partial charge in [-0.1, -0.05) is 18.2 Å². The Morgan fingerprint density at radius 2 is 2.00 bits per heavy atom. The summed E-state index contributed by atoms with van der Waals surface area (Å²) in [7, 11) is 1.85. The molecule has 0 aliphatic heterocycles. The average molecular weight is 255 g/mol. The molecular weight excluding hydrogens is 241 g/mol. The van der Waals surface area contributed by atoms with Crippen LogP contribution < -0.4 is 10.6 Å². The lowest BCUT2D eigenvalue weighted by atomic mass is 10.1. The third kappa shape index (κ3) is 2.83. The summed E-state index contributed by atoms with van der Waals surface area (Å²) in [4.78, 5) is 1.87. The van der Waals surface area contributed by atoms with Crippen LogP contribution in [0.4, 0.5) is 15.8 Å². The van der Waals surface area contributed by atoms with Crippen LogP contribution in [0.1, 0.15) is 11.1 Å². The third-order valence-corrected chi connectivity index (χ3v) is 2.93. The average Bonchev–Trinajstić information content (AvgIpc) is 2.44. The van der Waals surface area contributed by atoms with Crippen LogP contribution in [-0.2, 0) is 6.54 Å². The van der Waals surface area contributed by atoms with Gasteiger partial charge in [0.05, 0.1) is 17.3 Å². The number of nitrogens with two attached hydrogens (primary N) is 1. The van der Waals surface area contributed by atoms with Gasteiger partial charge in [-0.3, -0.25) is 0 Å². The van der Waals surface area contributed by atoms with E-state index < -0.39 is 0 Å². The SMILES string of the molecule is CN(Cc1cccc(N)c1F)c1cccc(C#N)c1. The highest BCUT2D eigenvalue weighted by Gasteiger charge is 2.09. The summed E-state index contributed by atoms with van der Waals surface area (Å²) < 4.78 is 13.8. The van der Waals surface area contributed by atoms with Crippen molar-refractivity contribution < 1.29 is 4.39 Å². The van der Waals surface area contributed by atoms with Crippen LogP contribution in [0.3, 0.4) is 0 Å². The normalized spacial score (nSPS) is 9.95. The second-order valence-corrected chi connectivity index (χ2v) is 4.34. The third-order valence-electron chi connectivity index (χ3n) is 2.93. The number of hydrogen-bond donors (Lipinski definition) is 1. The minimum absolute atomic E-state index is 0.150. The van der Waals surface area contributed by atoms with E-state index in [9.17, 15) is 4.39 Å². The predicted molar refractivity (Wildman–Crippen MR) is 74.1 cm³/mol. The van der Waals surface area contributed by atoms with Crippen LogP contribution in [0.2, 0.25) is 0 Å². The van der Waals surface area contributed by atoms with Gasteiger partial charge in [-0.05, 0) is 24.3 Å². The van der Waals surface area contributed by atoms with Crippen LogP contribution >= 0.6 is 0 Å². The summed E-state index contributed by atoms with van der Waals surface area (Å²) in [6, 6.07) is 14.2. The molecule has 0 heterocycles. The Hall–Kier alpha value is -2.54. The molecule has 19 heavy (non-hydrogen) atoms. The largest absolute Gasteiger partial charge is 0.396 e. The summed E-state index contributed by atoms with van der Waals surface area (Å²) in [5, 5.41) is 8.87. The minimum atomic E-state index is -0.384. The second kappa shape index (κ2) is 5.40. The number of nitrogens with zero attached hydrogens (tertiary/aromatic N) is 2. The van der Waals surface area contributed by atoms with Gasteiger partial charge < -0.3 is 10.6 Å². The summed E-state index contributed by atoms with van der Waals surface area (Å²) >= 11 is 0. The van der Waals surface area contributed by atoms with E-state index in [-0.39, 0.29) is 11.5 Å². The molecule has 2 rings (SSSR count). The predicted octanol–water partition coefficient (Wildman–Crippen LogP) is 2.92. The Bertz CT molecular complexity index is 632. The molecule has 0 aromatic heterocycles. The number of halogens is 1. The van der Waals surface area contributed by atoms with Gasteiger partial charge in [0, 0.05) is 24.8 Å². The second-order valence-electron chi connectivity index (χ2n) is 4.34. The first-order valence-corrected chi connectivity index (χ1v) is 5.86. The van der Waals surface area contributed by atoms with Crippen LogP contribution in [-0.4, -0.2) is 7.05 Å². The number of nitriles is 1. The zero-order chi connectivity index (χ0) is 13.8. The number of anilines is 2. The van der Waals surface area contributed by atoms with Gasteiger partial charge >= 0.3 is 0 Å². The van der Waals surface area contributed by atoms with Crippen LogP contribution in [0, 0.1) is 17.1 Å². The summed E-state index contributed by atoms with van der Waals surface area (Å²) in [5.41, 5.74) is 7.67. The Kier molecular flexibility index (Phi) is 3.67. The number of rotatable bonds is 3. The number of benzene rings is 2. The molecule has 0 spiro atoms. The van der Waals surface area contributed by atoms with E-state index in [1.807, 2.05) is 18.0 Å². The zero-order valence-corrected chi connectivity index (χ0v) is 10.6. The fourth-order valence-electron chi connectivity index (χ4n) is 1.88. The molecule has 0 saturated carbocycles. The molecule has 0 bridgehead atoms. The van der Waals surface area contributed by atoms with Gasteiger partial charge in [0.15, 0.2) is 5.82 Å². The van der Waals surface area contributed by atoms with Gasteiger partial charge in [-0.15, -0.1) is 0 Å². The maximum atomic E-state index is 13.8. The molecule has 96 valence electrons. The van der Waals surface area contributed by atoms with E-state index in [4.69, 9.17) is 11.0 Å². The van der Waals surface area contributed by atoms with Gasteiger partial charge in [0.25, 0.3) is 0 Å². The van der Waals surface area contributed by atoms with Gasteiger partial charge in [0.2, 0.25) is 0 Å². The van der Waals surface area contributed by atoms with Crippen molar-refractivity contribution in [2.75, 3.05) is 17.7 Å². The van der Waals surface area contributed by atoms with Gasteiger partial charge in [-0.25, -0.2) is 4.39 Å². The molecule has 0 fully saturated rings. The van der Waals surface area contributed by atoms with E-state index in [1.165, 1.54) is 6.07 Å². The molecule has 3 nitrogen and oxygen atoms in total.